The Hall–Kier alpha value is -3.82. The van der Waals surface area contributed by atoms with Crippen LogP contribution in [0.4, 0.5) is 5.69 Å². The summed E-state index contributed by atoms with van der Waals surface area (Å²) in [5.74, 6) is 0.971. The van der Waals surface area contributed by atoms with Crippen LogP contribution in [0, 0.1) is 6.92 Å². The van der Waals surface area contributed by atoms with Crippen molar-refractivity contribution in [2.24, 2.45) is 0 Å². The van der Waals surface area contributed by atoms with E-state index in [0.717, 1.165) is 40.0 Å². The summed E-state index contributed by atoms with van der Waals surface area (Å²) in [5.41, 5.74) is 5.65. The van der Waals surface area contributed by atoms with E-state index in [1.807, 2.05) is 79.2 Å². The van der Waals surface area contributed by atoms with Gasteiger partial charge in [-0.3, -0.25) is 0 Å². The van der Waals surface area contributed by atoms with Crippen LogP contribution in [-0.4, -0.2) is 45.0 Å². The molecule has 8 nitrogen and oxygen atoms in total. The molecule has 1 aliphatic rings. The van der Waals surface area contributed by atoms with Crippen molar-refractivity contribution in [1.82, 2.24) is 4.57 Å². The molecule has 0 amide bonds. The van der Waals surface area contributed by atoms with Crippen molar-refractivity contribution in [1.29, 1.82) is 0 Å². The maximum absolute atomic E-state index is 12.0. The second kappa shape index (κ2) is 11.1. The average Bonchev–Trinajstić information content (AvgIpc) is 3.64. The molecule has 0 bridgehead atoms. The average molecular weight is 649 g/mol. The summed E-state index contributed by atoms with van der Waals surface area (Å²) in [6.07, 6.45) is 6.67. The maximum atomic E-state index is 12.0. The van der Waals surface area contributed by atoms with Gasteiger partial charge < -0.3 is 0 Å². The number of aromatic nitrogens is 2. The van der Waals surface area contributed by atoms with Crippen LogP contribution in [0.1, 0.15) is 30.4 Å². The molecule has 10 heteroatoms. The third-order valence-electron chi connectivity index (χ3n) is 7.47. The molecule has 0 atom stereocenters. The van der Waals surface area contributed by atoms with Crippen LogP contribution in [-0.2, 0) is 16.7 Å². The fraction of sp³-hybridized carbons (Fsp3) is 0.219. The van der Waals surface area contributed by atoms with E-state index in [9.17, 15) is 13.0 Å². The summed E-state index contributed by atoms with van der Waals surface area (Å²) in [6.45, 7) is 7.05. The van der Waals surface area contributed by atoms with Crippen LogP contribution in [0.2, 0.25) is 0 Å². The topological polar surface area (TPSA) is 87.7 Å². The fourth-order valence-corrected chi connectivity index (χ4v) is 8.52. The van der Waals surface area contributed by atoms with Crippen molar-refractivity contribution >= 4 is 57.1 Å². The Balaban J connectivity index is 1.42. The number of methoxy groups -OCH3 is 1. The molecule has 0 saturated heterocycles. The number of benzene rings is 3. The SMILES string of the molecule is CCC(/C=C1\Oc2ccc(-n3ccc4ccccc43)cc2N1CS(=O)(=O)[O-])=C\c1[se]c2cc(OC)c(C)cc2[n+]1CC. The third-order valence-corrected chi connectivity index (χ3v) is 10.3. The zero-order chi connectivity index (χ0) is 29.6. The second-order valence-corrected chi connectivity index (χ2v) is 13.7. The molecule has 0 radical (unpaired) electrons. The summed E-state index contributed by atoms with van der Waals surface area (Å²) in [4.78, 5) is 1.46. The molecule has 0 saturated carbocycles. The van der Waals surface area contributed by atoms with E-state index in [1.54, 1.807) is 7.11 Å². The van der Waals surface area contributed by atoms with Crippen LogP contribution < -0.4 is 18.9 Å². The molecule has 3 aromatic carbocycles. The minimum absolute atomic E-state index is 0.0667. The van der Waals surface area contributed by atoms with Crippen molar-refractivity contribution in [3.05, 3.63) is 94.5 Å². The third kappa shape index (κ3) is 5.27. The van der Waals surface area contributed by atoms with E-state index in [-0.39, 0.29) is 14.5 Å². The second-order valence-electron chi connectivity index (χ2n) is 10.1. The number of fused-ring (bicyclic) bond motifs is 3. The van der Waals surface area contributed by atoms with Crippen molar-refractivity contribution in [2.75, 3.05) is 17.9 Å². The van der Waals surface area contributed by atoms with Crippen LogP contribution in [0.3, 0.4) is 0 Å². The van der Waals surface area contributed by atoms with Gasteiger partial charge in [-0.1, -0.05) is 18.2 Å². The minimum atomic E-state index is -4.60. The zero-order valence-corrected chi connectivity index (χ0v) is 26.4. The Kier molecular flexibility index (Phi) is 7.49. The Morgan fingerprint density at radius 2 is 1.93 bits per heavy atom. The molecule has 0 spiro atoms. The van der Waals surface area contributed by atoms with Crippen molar-refractivity contribution in [3.8, 4) is 17.2 Å². The predicted octanol–water partition coefficient (Wildman–Crippen LogP) is 5.50. The molecular formula is C32H31N3O5SSe. The normalized spacial score (nSPS) is 14.6. The van der Waals surface area contributed by atoms with Gasteiger partial charge in [0.1, 0.15) is 0 Å². The van der Waals surface area contributed by atoms with E-state index in [4.69, 9.17) is 9.47 Å². The van der Waals surface area contributed by atoms with Crippen molar-refractivity contribution < 1.29 is 27.0 Å². The summed E-state index contributed by atoms with van der Waals surface area (Å²) in [7, 11) is -2.91. The molecule has 3 heterocycles. The number of hydrogen-bond donors (Lipinski definition) is 0. The van der Waals surface area contributed by atoms with Gasteiger partial charge in [-0.2, -0.15) is 0 Å². The molecule has 1 aliphatic heterocycles. The fourth-order valence-electron chi connectivity index (χ4n) is 5.40. The number of ether oxygens (including phenoxy) is 2. The molecular weight excluding hydrogens is 617 g/mol. The van der Waals surface area contributed by atoms with E-state index >= 15 is 0 Å². The van der Waals surface area contributed by atoms with Gasteiger partial charge in [0.25, 0.3) is 0 Å². The first-order valence-electron chi connectivity index (χ1n) is 13.7. The van der Waals surface area contributed by atoms with E-state index in [2.05, 4.69) is 29.7 Å². The van der Waals surface area contributed by atoms with Gasteiger partial charge in [-0.05, 0) is 0 Å². The van der Waals surface area contributed by atoms with E-state index < -0.39 is 16.0 Å². The van der Waals surface area contributed by atoms with E-state index in [0.29, 0.717) is 23.7 Å². The van der Waals surface area contributed by atoms with Gasteiger partial charge in [-0.25, -0.2) is 0 Å². The van der Waals surface area contributed by atoms with Crippen LogP contribution in [0.25, 0.3) is 32.4 Å². The number of para-hydroxylation sites is 1. The summed E-state index contributed by atoms with van der Waals surface area (Å²) >= 11 is 0.0667. The summed E-state index contributed by atoms with van der Waals surface area (Å²) in [6, 6.07) is 20.0. The molecule has 2 aromatic heterocycles. The first-order chi connectivity index (χ1) is 20.2. The van der Waals surface area contributed by atoms with Crippen LogP contribution >= 0.6 is 0 Å². The quantitative estimate of drug-likeness (QED) is 0.126. The molecule has 6 rings (SSSR count). The van der Waals surface area contributed by atoms with Gasteiger partial charge in [0.2, 0.25) is 0 Å². The van der Waals surface area contributed by atoms with Gasteiger partial charge in [0.15, 0.2) is 0 Å². The van der Waals surface area contributed by atoms with E-state index in [1.165, 1.54) is 19.2 Å². The molecule has 0 unspecified atom stereocenters. The van der Waals surface area contributed by atoms with Crippen molar-refractivity contribution in [2.45, 2.75) is 33.7 Å². The van der Waals surface area contributed by atoms with Gasteiger partial charge >= 0.3 is 234 Å². The first-order valence-corrected chi connectivity index (χ1v) is 17.0. The first kappa shape index (κ1) is 28.3. The van der Waals surface area contributed by atoms with Crippen molar-refractivity contribution in [3.63, 3.8) is 0 Å². The number of anilines is 1. The van der Waals surface area contributed by atoms with Crippen LogP contribution in [0.15, 0.2) is 84.4 Å². The predicted molar refractivity (Wildman–Crippen MR) is 165 cm³/mol. The van der Waals surface area contributed by atoms with Gasteiger partial charge in [0, 0.05) is 0 Å². The molecule has 42 heavy (non-hydrogen) atoms. The molecule has 0 aliphatic carbocycles. The van der Waals surface area contributed by atoms with Crippen LogP contribution in [0.5, 0.6) is 11.5 Å². The molecule has 5 aromatic rings. The summed E-state index contributed by atoms with van der Waals surface area (Å²) < 4.78 is 54.6. The molecule has 0 fully saturated rings. The van der Waals surface area contributed by atoms with Gasteiger partial charge in [-0.15, -0.1) is 0 Å². The Morgan fingerprint density at radius 3 is 2.67 bits per heavy atom. The number of rotatable bonds is 8. The number of hydrogen-bond acceptors (Lipinski definition) is 6. The Bertz CT molecular complexity index is 2010. The monoisotopic (exact) mass is 649 g/mol. The standard InChI is InChI=1S/C32H31N3O5SSe/c1-5-22(17-32-33(6-2)27-15-21(3)29(39-4)19-30(27)42-32)16-31-35(20-41(36,37)38)26-18-24(11-12-28(26)40-31)34-14-13-23-9-7-8-10-25(23)34/h7-19H,5-6,20H2,1-4H3. The summed E-state index contributed by atoms with van der Waals surface area (Å²) in [5, 5.41) is 1.09. The number of nitrogens with zero attached hydrogens (tertiary/aromatic N) is 3. The number of allylic oxidation sites excluding steroid dienone is 2. The van der Waals surface area contributed by atoms with Gasteiger partial charge in [0.05, 0.1) is 0 Å². The zero-order valence-electron chi connectivity index (χ0n) is 23.8. The molecule has 216 valence electrons. The Morgan fingerprint density at radius 1 is 1.12 bits per heavy atom. The Labute approximate surface area is 251 Å². The number of aryl methyl sites for hydroxylation is 2. The molecule has 0 N–H and O–H groups in total.